The Morgan fingerprint density at radius 2 is 2.22 bits per heavy atom. The van der Waals surface area contributed by atoms with Gasteiger partial charge in [0.1, 0.15) is 0 Å². The van der Waals surface area contributed by atoms with Crippen molar-refractivity contribution in [3.8, 4) is 0 Å². The van der Waals surface area contributed by atoms with Crippen LogP contribution in [0.1, 0.15) is 32.4 Å². The van der Waals surface area contributed by atoms with E-state index in [-0.39, 0.29) is 11.0 Å². The van der Waals surface area contributed by atoms with Crippen LogP contribution in [0.5, 0.6) is 0 Å². The number of hydrogen-bond acceptors (Lipinski definition) is 5. The first-order valence-corrected chi connectivity index (χ1v) is 8.03. The first kappa shape index (κ1) is 13.5. The lowest BCUT2D eigenvalue weighted by atomic mass is 10.4. The van der Waals surface area contributed by atoms with E-state index in [9.17, 15) is 8.42 Å². The first-order chi connectivity index (χ1) is 8.47. The van der Waals surface area contributed by atoms with Gasteiger partial charge in [-0.15, -0.1) is 5.10 Å². The standard InChI is InChI=1S/C11H20N4O2S/c1-9(2)18(16,17)6-5-15-8-11(13-14-15)7-12-10-3-4-10/h8-10,12H,3-7H2,1-2H3. The molecule has 0 saturated heterocycles. The van der Waals surface area contributed by atoms with Gasteiger partial charge in [-0.3, -0.25) is 4.68 Å². The predicted molar refractivity (Wildman–Crippen MR) is 68.8 cm³/mol. The largest absolute Gasteiger partial charge is 0.308 e. The van der Waals surface area contributed by atoms with Crippen molar-refractivity contribution >= 4 is 9.84 Å². The van der Waals surface area contributed by atoms with Crippen LogP contribution < -0.4 is 5.32 Å². The summed E-state index contributed by atoms with van der Waals surface area (Å²) >= 11 is 0. The molecule has 7 heteroatoms. The Bertz CT molecular complexity index is 491. The lowest BCUT2D eigenvalue weighted by Crippen LogP contribution is -2.21. The second-order valence-corrected chi connectivity index (χ2v) is 7.72. The molecule has 1 N–H and O–H groups in total. The molecular formula is C11H20N4O2S. The van der Waals surface area contributed by atoms with Crippen LogP contribution in [0, 0.1) is 0 Å². The Morgan fingerprint density at radius 1 is 1.50 bits per heavy atom. The summed E-state index contributed by atoms with van der Waals surface area (Å²) in [5.41, 5.74) is 0.865. The zero-order valence-electron chi connectivity index (χ0n) is 10.8. The molecule has 0 aromatic carbocycles. The first-order valence-electron chi connectivity index (χ1n) is 6.31. The molecule has 1 heterocycles. The Balaban J connectivity index is 1.82. The number of aryl methyl sites for hydroxylation is 1. The summed E-state index contributed by atoms with van der Waals surface area (Å²) in [5, 5.41) is 11.0. The quantitative estimate of drug-likeness (QED) is 0.775. The average Bonchev–Trinajstić information content (AvgIpc) is 3.03. The molecule has 0 spiro atoms. The highest BCUT2D eigenvalue weighted by atomic mass is 32.2. The molecule has 18 heavy (non-hydrogen) atoms. The Morgan fingerprint density at radius 3 is 2.83 bits per heavy atom. The fourth-order valence-corrected chi connectivity index (χ4v) is 2.43. The topological polar surface area (TPSA) is 76.9 Å². The van der Waals surface area contributed by atoms with Gasteiger partial charge in [-0.25, -0.2) is 8.42 Å². The van der Waals surface area contributed by atoms with E-state index in [1.807, 2.05) is 6.20 Å². The number of rotatable bonds is 7. The molecule has 1 aliphatic rings. The number of aromatic nitrogens is 3. The molecule has 0 amide bonds. The normalized spacial score (nSPS) is 16.4. The van der Waals surface area contributed by atoms with Gasteiger partial charge in [0, 0.05) is 18.8 Å². The van der Waals surface area contributed by atoms with Gasteiger partial charge in [-0.05, 0) is 26.7 Å². The van der Waals surface area contributed by atoms with E-state index < -0.39 is 9.84 Å². The Kier molecular flexibility index (Phi) is 4.01. The van der Waals surface area contributed by atoms with Gasteiger partial charge in [0.05, 0.1) is 23.2 Å². The van der Waals surface area contributed by atoms with Gasteiger partial charge in [-0.2, -0.15) is 0 Å². The van der Waals surface area contributed by atoms with Crippen molar-refractivity contribution in [2.24, 2.45) is 0 Å². The average molecular weight is 272 g/mol. The predicted octanol–water partition coefficient (Wildman–Crippen LogP) is 0.353. The minimum atomic E-state index is -3.01. The number of hydrogen-bond donors (Lipinski definition) is 1. The van der Waals surface area contributed by atoms with Crippen LogP contribution in [0.3, 0.4) is 0 Å². The van der Waals surface area contributed by atoms with E-state index in [1.165, 1.54) is 12.8 Å². The highest BCUT2D eigenvalue weighted by molar-refractivity contribution is 7.91. The van der Waals surface area contributed by atoms with E-state index in [2.05, 4.69) is 15.6 Å². The third kappa shape index (κ3) is 3.78. The molecule has 102 valence electrons. The lowest BCUT2D eigenvalue weighted by Gasteiger charge is -2.06. The second-order valence-electron chi connectivity index (χ2n) is 5.04. The molecule has 0 aliphatic heterocycles. The van der Waals surface area contributed by atoms with Crippen molar-refractivity contribution in [3.63, 3.8) is 0 Å². The monoisotopic (exact) mass is 272 g/mol. The summed E-state index contributed by atoms with van der Waals surface area (Å²) in [6.07, 6.45) is 4.28. The summed E-state index contributed by atoms with van der Waals surface area (Å²) in [6, 6.07) is 0.636. The summed E-state index contributed by atoms with van der Waals surface area (Å²) in [6.45, 7) is 4.47. The van der Waals surface area contributed by atoms with E-state index in [0.29, 0.717) is 19.1 Å². The Labute approximate surface area is 108 Å². The van der Waals surface area contributed by atoms with Crippen LogP contribution in [0.25, 0.3) is 0 Å². The van der Waals surface area contributed by atoms with Crippen molar-refractivity contribution in [2.45, 2.75) is 51.1 Å². The highest BCUT2D eigenvalue weighted by Gasteiger charge is 2.20. The van der Waals surface area contributed by atoms with Crippen LogP contribution >= 0.6 is 0 Å². The highest BCUT2D eigenvalue weighted by Crippen LogP contribution is 2.18. The van der Waals surface area contributed by atoms with E-state index in [4.69, 9.17) is 0 Å². The van der Waals surface area contributed by atoms with Crippen molar-refractivity contribution in [1.82, 2.24) is 20.3 Å². The van der Waals surface area contributed by atoms with E-state index in [1.54, 1.807) is 18.5 Å². The van der Waals surface area contributed by atoms with Crippen LogP contribution in [0.2, 0.25) is 0 Å². The molecular weight excluding hydrogens is 252 g/mol. The summed E-state index contributed by atoms with van der Waals surface area (Å²) in [4.78, 5) is 0. The van der Waals surface area contributed by atoms with E-state index in [0.717, 1.165) is 5.69 Å². The maximum absolute atomic E-state index is 11.7. The van der Waals surface area contributed by atoms with Crippen molar-refractivity contribution in [2.75, 3.05) is 5.75 Å². The van der Waals surface area contributed by atoms with Gasteiger partial charge in [0.15, 0.2) is 9.84 Å². The summed E-state index contributed by atoms with van der Waals surface area (Å²) in [5.74, 6) is 0.115. The van der Waals surface area contributed by atoms with Crippen molar-refractivity contribution in [1.29, 1.82) is 0 Å². The Hall–Kier alpha value is -0.950. The second kappa shape index (κ2) is 5.36. The fraction of sp³-hybridized carbons (Fsp3) is 0.818. The third-order valence-electron chi connectivity index (χ3n) is 3.06. The van der Waals surface area contributed by atoms with Gasteiger partial charge < -0.3 is 5.32 Å². The van der Waals surface area contributed by atoms with Crippen LogP contribution in [-0.2, 0) is 22.9 Å². The fourth-order valence-electron chi connectivity index (χ4n) is 1.52. The number of nitrogens with zero attached hydrogens (tertiary/aromatic N) is 3. The molecule has 1 aromatic rings. The molecule has 0 bridgehead atoms. The number of nitrogens with one attached hydrogen (secondary N) is 1. The maximum atomic E-state index is 11.7. The van der Waals surface area contributed by atoms with Crippen molar-refractivity contribution < 1.29 is 8.42 Å². The van der Waals surface area contributed by atoms with Crippen LogP contribution in [-0.4, -0.2) is 40.5 Å². The molecule has 0 unspecified atom stereocenters. The molecule has 6 nitrogen and oxygen atoms in total. The molecule has 0 radical (unpaired) electrons. The molecule has 1 saturated carbocycles. The minimum absolute atomic E-state index is 0.115. The van der Waals surface area contributed by atoms with Gasteiger partial charge in [-0.1, -0.05) is 5.21 Å². The number of sulfone groups is 1. The van der Waals surface area contributed by atoms with Crippen molar-refractivity contribution in [3.05, 3.63) is 11.9 Å². The zero-order valence-corrected chi connectivity index (χ0v) is 11.7. The third-order valence-corrected chi connectivity index (χ3v) is 5.25. The summed E-state index contributed by atoms with van der Waals surface area (Å²) < 4.78 is 24.9. The van der Waals surface area contributed by atoms with Gasteiger partial charge >= 0.3 is 0 Å². The molecule has 1 aromatic heterocycles. The molecule has 1 fully saturated rings. The lowest BCUT2D eigenvalue weighted by molar-refractivity contribution is 0.567. The maximum Gasteiger partial charge on any atom is 0.154 e. The SMILES string of the molecule is CC(C)S(=O)(=O)CCn1cc(CNC2CC2)nn1. The molecule has 2 rings (SSSR count). The van der Waals surface area contributed by atoms with Gasteiger partial charge in [0.25, 0.3) is 0 Å². The molecule has 0 atom stereocenters. The zero-order chi connectivity index (χ0) is 13.2. The van der Waals surface area contributed by atoms with Crippen LogP contribution in [0.15, 0.2) is 6.20 Å². The van der Waals surface area contributed by atoms with E-state index >= 15 is 0 Å². The summed E-state index contributed by atoms with van der Waals surface area (Å²) in [7, 11) is -3.01. The van der Waals surface area contributed by atoms with Crippen LogP contribution in [0.4, 0.5) is 0 Å². The molecule has 1 aliphatic carbocycles. The minimum Gasteiger partial charge on any atom is -0.308 e. The smallest absolute Gasteiger partial charge is 0.154 e. The van der Waals surface area contributed by atoms with Gasteiger partial charge in [0.2, 0.25) is 0 Å².